The van der Waals surface area contributed by atoms with Crippen LogP contribution in [0.1, 0.15) is 19.4 Å². The van der Waals surface area contributed by atoms with Gasteiger partial charge in [-0.15, -0.1) is 0 Å². The third-order valence-corrected chi connectivity index (χ3v) is 1.77. The van der Waals surface area contributed by atoms with Gasteiger partial charge in [0.1, 0.15) is 5.75 Å². The Morgan fingerprint density at radius 2 is 2.06 bits per heavy atom. The maximum Gasteiger partial charge on any atom is 0.364 e. The Bertz CT molecular complexity index is 410. The van der Waals surface area contributed by atoms with Crippen LogP contribution in [0.5, 0.6) is 5.75 Å². The SMILES string of the molecule is CC(C)Oc1ccccc1C=C(F)C(=O)O. The van der Waals surface area contributed by atoms with E-state index >= 15 is 0 Å². The quantitative estimate of drug-likeness (QED) is 0.800. The van der Waals surface area contributed by atoms with Crippen LogP contribution in [0.25, 0.3) is 6.08 Å². The lowest BCUT2D eigenvalue weighted by molar-refractivity contribution is -0.134. The molecule has 1 rings (SSSR count). The summed E-state index contributed by atoms with van der Waals surface area (Å²) in [6.45, 7) is 3.68. The van der Waals surface area contributed by atoms with Gasteiger partial charge in [0.2, 0.25) is 5.83 Å². The molecule has 4 heteroatoms. The van der Waals surface area contributed by atoms with E-state index in [4.69, 9.17) is 9.84 Å². The van der Waals surface area contributed by atoms with E-state index in [0.717, 1.165) is 6.08 Å². The zero-order valence-corrected chi connectivity index (χ0v) is 9.11. The smallest absolute Gasteiger partial charge is 0.364 e. The number of ether oxygens (including phenoxy) is 1. The lowest BCUT2D eigenvalue weighted by Crippen LogP contribution is -2.06. The van der Waals surface area contributed by atoms with Crippen LogP contribution in [0.2, 0.25) is 0 Å². The standard InChI is InChI=1S/C12H13FO3/c1-8(2)16-11-6-4-3-5-9(11)7-10(13)12(14)15/h3-8H,1-2H3,(H,14,15). The molecule has 0 bridgehead atoms. The van der Waals surface area contributed by atoms with Crippen LogP contribution >= 0.6 is 0 Å². The molecule has 0 amide bonds. The van der Waals surface area contributed by atoms with E-state index in [1.807, 2.05) is 13.8 Å². The van der Waals surface area contributed by atoms with Crippen molar-refractivity contribution in [1.82, 2.24) is 0 Å². The molecule has 0 radical (unpaired) electrons. The van der Waals surface area contributed by atoms with Crippen LogP contribution in [-0.2, 0) is 4.79 Å². The highest BCUT2D eigenvalue weighted by Gasteiger charge is 2.08. The number of carboxylic acid groups (broad SMARTS) is 1. The molecule has 0 fully saturated rings. The van der Waals surface area contributed by atoms with Crippen molar-refractivity contribution in [3.05, 3.63) is 35.7 Å². The van der Waals surface area contributed by atoms with Crippen LogP contribution in [0.15, 0.2) is 30.1 Å². The summed E-state index contributed by atoms with van der Waals surface area (Å²) >= 11 is 0. The van der Waals surface area contributed by atoms with Crippen molar-refractivity contribution in [3.8, 4) is 5.75 Å². The topological polar surface area (TPSA) is 46.5 Å². The Hall–Kier alpha value is -1.84. The lowest BCUT2D eigenvalue weighted by atomic mass is 10.2. The van der Waals surface area contributed by atoms with Gasteiger partial charge in [0.25, 0.3) is 0 Å². The fourth-order valence-corrected chi connectivity index (χ4v) is 1.16. The Morgan fingerprint density at radius 1 is 1.44 bits per heavy atom. The number of carbonyl (C=O) groups is 1. The molecular formula is C12H13FO3. The largest absolute Gasteiger partial charge is 0.490 e. The van der Waals surface area contributed by atoms with Gasteiger partial charge in [-0.25, -0.2) is 4.79 Å². The normalized spacial score (nSPS) is 11.6. The van der Waals surface area contributed by atoms with E-state index in [2.05, 4.69) is 0 Å². The number of rotatable bonds is 4. The zero-order chi connectivity index (χ0) is 12.1. The maximum absolute atomic E-state index is 12.9. The maximum atomic E-state index is 12.9. The molecule has 0 spiro atoms. The predicted molar refractivity (Wildman–Crippen MR) is 58.9 cm³/mol. The van der Waals surface area contributed by atoms with E-state index in [1.165, 1.54) is 0 Å². The Labute approximate surface area is 93.2 Å². The van der Waals surface area contributed by atoms with Crippen LogP contribution in [0.4, 0.5) is 4.39 Å². The number of halogens is 1. The van der Waals surface area contributed by atoms with Gasteiger partial charge < -0.3 is 9.84 Å². The van der Waals surface area contributed by atoms with Crippen molar-refractivity contribution < 1.29 is 19.0 Å². The second-order valence-corrected chi connectivity index (χ2v) is 3.50. The Balaban J connectivity index is 3.04. The molecule has 1 aromatic carbocycles. The molecule has 3 nitrogen and oxygen atoms in total. The molecule has 0 atom stereocenters. The van der Waals surface area contributed by atoms with E-state index in [1.54, 1.807) is 24.3 Å². The molecule has 0 aromatic heterocycles. The molecule has 1 aromatic rings. The minimum absolute atomic E-state index is 0.0533. The molecule has 0 unspecified atom stereocenters. The summed E-state index contributed by atoms with van der Waals surface area (Å²) in [6, 6.07) is 6.70. The first-order chi connectivity index (χ1) is 7.50. The molecule has 0 saturated heterocycles. The summed E-state index contributed by atoms with van der Waals surface area (Å²) in [6.07, 6.45) is 0.891. The molecule has 0 aliphatic carbocycles. The van der Waals surface area contributed by atoms with Crippen LogP contribution in [0, 0.1) is 0 Å². The minimum atomic E-state index is -1.58. The second kappa shape index (κ2) is 5.30. The number of aliphatic carboxylic acids is 1. The van der Waals surface area contributed by atoms with Crippen molar-refractivity contribution in [2.24, 2.45) is 0 Å². The fourth-order valence-electron chi connectivity index (χ4n) is 1.16. The summed E-state index contributed by atoms with van der Waals surface area (Å²) in [7, 11) is 0. The average Bonchev–Trinajstić information content (AvgIpc) is 2.20. The summed E-state index contributed by atoms with van der Waals surface area (Å²) in [4.78, 5) is 10.4. The molecule has 86 valence electrons. The molecule has 0 saturated carbocycles. The predicted octanol–water partition coefficient (Wildman–Crippen LogP) is 2.87. The number of hydrogen-bond acceptors (Lipinski definition) is 2. The molecular weight excluding hydrogens is 211 g/mol. The van der Waals surface area contributed by atoms with Gasteiger partial charge >= 0.3 is 5.97 Å². The molecule has 1 N–H and O–H groups in total. The first kappa shape index (κ1) is 12.2. The highest BCUT2D eigenvalue weighted by molar-refractivity contribution is 5.90. The van der Waals surface area contributed by atoms with Crippen molar-refractivity contribution in [3.63, 3.8) is 0 Å². The minimum Gasteiger partial charge on any atom is -0.490 e. The van der Waals surface area contributed by atoms with E-state index in [9.17, 15) is 9.18 Å². The molecule has 0 heterocycles. The van der Waals surface area contributed by atoms with E-state index in [0.29, 0.717) is 11.3 Å². The summed E-state index contributed by atoms with van der Waals surface area (Å²) in [5.41, 5.74) is 0.413. The molecule has 0 aliphatic rings. The van der Waals surface area contributed by atoms with Crippen LogP contribution < -0.4 is 4.74 Å². The summed E-state index contributed by atoms with van der Waals surface area (Å²) < 4.78 is 18.4. The van der Waals surface area contributed by atoms with Gasteiger partial charge in [0.15, 0.2) is 0 Å². The van der Waals surface area contributed by atoms with Gasteiger partial charge in [-0.3, -0.25) is 0 Å². The first-order valence-electron chi connectivity index (χ1n) is 4.87. The number of carboxylic acids is 1. The third kappa shape index (κ3) is 3.38. The van der Waals surface area contributed by atoms with Gasteiger partial charge in [0, 0.05) is 5.56 Å². The zero-order valence-electron chi connectivity index (χ0n) is 9.11. The van der Waals surface area contributed by atoms with Crippen molar-refractivity contribution in [2.75, 3.05) is 0 Å². The van der Waals surface area contributed by atoms with Gasteiger partial charge in [-0.2, -0.15) is 4.39 Å². The highest BCUT2D eigenvalue weighted by Crippen LogP contribution is 2.22. The van der Waals surface area contributed by atoms with Gasteiger partial charge in [-0.05, 0) is 26.0 Å². The van der Waals surface area contributed by atoms with Crippen molar-refractivity contribution in [2.45, 2.75) is 20.0 Å². The average molecular weight is 224 g/mol. The Morgan fingerprint density at radius 3 is 2.62 bits per heavy atom. The van der Waals surface area contributed by atoms with E-state index in [-0.39, 0.29) is 6.10 Å². The van der Waals surface area contributed by atoms with Crippen molar-refractivity contribution in [1.29, 1.82) is 0 Å². The lowest BCUT2D eigenvalue weighted by Gasteiger charge is -2.11. The van der Waals surface area contributed by atoms with Crippen LogP contribution in [0.3, 0.4) is 0 Å². The van der Waals surface area contributed by atoms with Gasteiger partial charge in [0.05, 0.1) is 6.10 Å². The number of hydrogen-bond donors (Lipinski definition) is 1. The molecule has 0 aliphatic heterocycles. The van der Waals surface area contributed by atoms with Gasteiger partial charge in [-0.1, -0.05) is 18.2 Å². The van der Waals surface area contributed by atoms with E-state index < -0.39 is 11.8 Å². The monoisotopic (exact) mass is 224 g/mol. The number of para-hydroxylation sites is 1. The fraction of sp³-hybridized carbons (Fsp3) is 0.250. The highest BCUT2D eigenvalue weighted by atomic mass is 19.1. The summed E-state index contributed by atoms with van der Waals surface area (Å²) in [5.74, 6) is -2.33. The van der Waals surface area contributed by atoms with Crippen LogP contribution in [-0.4, -0.2) is 17.2 Å². The second-order valence-electron chi connectivity index (χ2n) is 3.50. The number of benzene rings is 1. The summed E-state index contributed by atoms with van der Waals surface area (Å²) in [5, 5.41) is 8.43. The first-order valence-corrected chi connectivity index (χ1v) is 4.87. The Kier molecular flexibility index (Phi) is 4.05. The molecule has 16 heavy (non-hydrogen) atoms. The van der Waals surface area contributed by atoms with Crippen molar-refractivity contribution >= 4 is 12.0 Å². The third-order valence-electron chi connectivity index (χ3n) is 1.77.